The number of nitrogens with one attached hydrogen (secondary N) is 2. The van der Waals surface area contributed by atoms with Crippen LogP contribution in [-0.4, -0.2) is 37.2 Å². The molecule has 1 aromatic carbocycles. The van der Waals surface area contributed by atoms with E-state index in [9.17, 15) is 27.6 Å². The Balaban J connectivity index is 2.60. The van der Waals surface area contributed by atoms with Gasteiger partial charge in [0.1, 0.15) is 0 Å². The van der Waals surface area contributed by atoms with E-state index in [1.54, 1.807) is 33.0 Å². The summed E-state index contributed by atoms with van der Waals surface area (Å²) in [4.78, 5) is 36.7. The van der Waals surface area contributed by atoms with Gasteiger partial charge < -0.3 is 20.1 Å². The molecule has 1 aliphatic heterocycles. The Morgan fingerprint density at radius 1 is 1.00 bits per heavy atom. The number of dihydropyridines is 1. The summed E-state index contributed by atoms with van der Waals surface area (Å²) in [5.41, 5.74) is 1.27. The number of ether oxygens (including phenoxy) is 2. The van der Waals surface area contributed by atoms with E-state index in [2.05, 4.69) is 5.32 Å². The fourth-order valence-electron chi connectivity index (χ4n) is 3.28. The molecule has 1 amide bonds. The van der Waals surface area contributed by atoms with E-state index < -0.39 is 29.9 Å². The van der Waals surface area contributed by atoms with Crippen molar-refractivity contribution in [3.05, 3.63) is 52.4 Å². The van der Waals surface area contributed by atoms with Crippen molar-refractivity contribution in [3.63, 3.8) is 0 Å². The number of carbonyl (C=O) groups is 3. The standard InChI is InChI=1S/C21H23F3N2O5/c1-5-30-18(27)15-11(3)25-12(4)16(19(28)31-6-2)17(15)13-8-7-9-14(10-13)26-20(29)21(22,23)24/h7-10,17,25H,5-6H2,1-4H3,(H,26,29). The van der Waals surface area contributed by atoms with Gasteiger partial charge in [-0.1, -0.05) is 12.1 Å². The molecule has 0 aromatic heterocycles. The maximum Gasteiger partial charge on any atom is 0.471 e. The maximum absolute atomic E-state index is 12.7. The number of anilines is 1. The lowest BCUT2D eigenvalue weighted by Crippen LogP contribution is -2.33. The van der Waals surface area contributed by atoms with Crippen LogP contribution in [0.15, 0.2) is 46.8 Å². The highest BCUT2D eigenvalue weighted by Crippen LogP contribution is 2.40. The second-order valence-electron chi connectivity index (χ2n) is 6.65. The third-order valence-corrected chi connectivity index (χ3v) is 4.49. The van der Waals surface area contributed by atoms with Crippen LogP contribution in [0.1, 0.15) is 39.2 Å². The first-order valence-corrected chi connectivity index (χ1v) is 9.52. The van der Waals surface area contributed by atoms with Crippen LogP contribution in [0, 0.1) is 0 Å². The van der Waals surface area contributed by atoms with Crippen LogP contribution in [0.25, 0.3) is 0 Å². The molecule has 7 nitrogen and oxygen atoms in total. The monoisotopic (exact) mass is 440 g/mol. The van der Waals surface area contributed by atoms with Crippen molar-refractivity contribution in [1.82, 2.24) is 5.32 Å². The van der Waals surface area contributed by atoms with Crippen LogP contribution in [-0.2, 0) is 23.9 Å². The maximum atomic E-state index is 12.7. The Morgan fingerprint density at radius 2 is 1.52 bits per heavy atom. The number of amides is 1. The van der Waals surface area contributed by atoms with E-state index in [0.29, 0.717) is 17.0 Å². The summed E-state index contributed by atoms with van der Waals surface area (Å²) in [6.07, 6.45) is -5.07. The molecule has 0 saturated carbocycles. The summed E-state index contributed by atoms with van der Waals surface area (Å²) in [5.74, 6) is -4.47. The fourth-order valence-corrected chi connectivity index (χ4v) is 3.28. The molecule has 0 radical (unpaired) electrons. The smallest absolute Gasteiger partial charge is 0.463 e. The van der Waals surface area contributed by atoms with Gasteiger partial charge in [-0.2, -0.15) is 13.2 Å². The van der Waals surface area contributed by atoms with Gasteiger partial charge in [0, 0.05) is 17.1 Å². The van der Waals surface area contributed by atoms with E-state index in [1.807, 2.05) is 0 Å². The lowest BCUT2D eigenvalue weighted by molar-refractivity contribution is -0.167. The molecule has 1 aliphatic rings. The minimum absolute atomic E-state index is 0.0848. The molecule has 0 bridgehead atoms. The zero-order chi connectivity index (χ0) is 23.3. The topological polar surface area (TPSA) is 93.7 Å². The number of hydrogen-bond donors (Lipinski definition) is 2. The van der Waals surface area contributed by atoms with Crippen LogP contribution in [0.2, 0.25) is 0 Å². The fraction of sp³-hybridized carbons (Fsp3) is 0.381. The lowest BCUT2D eigenvalue weighted by atomic mass is 9.80. The molecule has 1 aromatic rings. The van der Waals surface area contributed by atoms with E-state index in [-0.39, 0.29) is 30.0 Å². The molecule has 0 aliphatic carbocycles. The highest BCUT2D eigenvalue weighted by atomic mass is 19.4. The molecule has 0 unspecified atom stereocenters. The van der Waals surface area contributed by atoms with Gasteiger partial charge in [-0.15, -0.1) is 0 Å². The molecule has 0 atom stereocenters. The van der Waals surface area contributed by atoms with E-state index in [1.165, 1.54) is 24.3 Å². The van der Waals surface area contributed by atoms with Gasteiger partial charge in [-0.3, -0.25) is 4.79 Å². The molecular formula is C21H23F3N2O5. The van der Waals surface area contributed by atoms with Crippen molar-refractivity contribution in [2.24, 2.45) is 0 Å². The Bertz CT molecular complexity index is 911. The van der Waals surface area contributed by atoms with E-state index in [0.717, 1.165) is 0 Å². The minimum atomic E-state index is -5.07. The summed E-state index contributed by atoms with van der Waals surface area (Å²) in [5, 5.41) is 4.74. The first kappa shape index (κ1) is 24.0. The number of halogens is 3. The Hall–Kier alpha value is -3.30. The quantitative estimate of drug-likeness (QED) is 0.658. The van der Waals surface area contributed by atoms with Crippen molar-refractivity contribution in [2.75, 3.05) is 18.5 Å². The average Bonchev–Trinajstić information content (AvgIpc) is 2.67. The third-order valence-electron chi connectivity index (χ3n) is 4.49. The van der Waals surface area contributed by atoms with Crippen molar-refractivity contribution in [3.8, 4) is 0 Å². The van der Waals surface area contributed by atoms with Crippen LogP contribution >= 0.6 is 0 Å². The SMILES string of the molecule is CCOC(=O)C1=C(C)NC(C)=C(C(=O)OCC)C1c1cccc(NC(=O)C(F)(F)F)c1. The summed E-state index contributed by atoms with van der Waals surface area (Å²) in [6, 6.07) is 5.51. The number of alkyl halides is 3. The number of rotatable bonds is 6. The van der Waals surface area contributed by atoms with Gasteiger partial charge in [0.2, 0.25) is 0 Å². The summed E-state index contributed by atoms with van der Waals surface area (Å²) in [6.45, 7) is 6.67. The van der Waals surface area contributed by atoms with Gasteiger partial charge in [0.05, 0.1) is 30.3 Å². The number of allylic oxidation sites excluding steroid dienone is 2. The van der Waals surface area contributed by atoms with Crippen LogP contribution in [0.4, 0.5) is 18.9 Å². The molecule has 168 valence electrons. The highest BCUT2D eigenvalue weighted by Gasteiger charge is 2.40. The predicted octanol–water partition coefficient (Wildman–Crippen LogP) is 3.55. The molecule has 0 fully saturated rings. The van der Waals surface area contributed by atoms with E-state index >= 15 is 0 Å². The number of esters is 2. The summed E-state index contributed by atoms with van der Waals surface area (Å²) in [7, 11) is 0. The molecule has 2 N–H and O–H groups in total. The molecule has 10 heteroatoms. The number of hydrogen-bond acceptors (Lipinski definition) is 6. The van der Waals surface area contributed by atoms with Crippen molar-refractivity contribution >= 4 is 23.5 Å². The average molecular weight is 440 g/mol. The zero-order valence-electron chi connectivity index (χ0n) is 17.5. The second kappa shape index (κ2) is 9.67. The van der Waals surface area contributed by atoms with Gasteiger partial charge in [-0.25, -0.2) is 9.59 Å². The largest absolute Gasteiger partial charge is 0.471 e. The highest BCUT2D eigenvalue weighted by molar-refractivity contribution is 6.00. The van der Waals surface area contributed by atoms with Crippen LogP contribution in [0.5, 0.6) is 0 Å². The molecule has 0 saturated heterocycles. The Kier molecular flexibility index (Phi) is 7.48. The van der Waals surface area contributed by atoms with Gasteiger partial charge >= 0.3 is 24.0 Å². The first-order valence-electron chi connectivity index (χ1n) is 9.52. The Labute approximate surface area is 177 Å². The van der Waals surface area contributed by atoms with Crippen molar-refractivity contribution in [1.29, 1.82) is 0 Å². The van der Waals surface area contributed by atoms with Crippen molar-refractivity contribution < 1.29 is 37.0 Å². The molecule has 0 spiro atoms. The molecule has 2 rings (SSSR count). The molecule has 1 heterocycles. The first-order chi connectivity index (χ1) is 14.5. The third kappa shape index (κ3) is 5.44. The molecular weight excluding hydrogens is 417 g/mol. The number of benzene rings is 1. The summed E-state index contributed by atoms with van der Waals surface area (Å²) >= 11 is 0. The molecule has 31 heavy (non-hydrogen) atoms. The second-order valence-corrected chi connectivity index (χ2v) is 6.65. The van der Waals surface area contributed by atoms with E-state index in [4.69, 9.17) is 9.47 Å². The number of carbonyl (C=O) groups excluding carboxylic acids is 3. The lowest BCUT2D eigenvalue weighted by Gasteiger charge is -2.30. The van der Waals surface area contributed by atoms with Gasteiger partial charge in [-0.05, 0) is 45.4 Å². The van der Waals surface area contributed by atoms with Gasteiger partial charge in [0.15, 0.2) is 0 Å². The van der Waals surface area contributed by atoms with Crippen LogP contribution < -0.4 is 10.6 Å². The minimum Gasteiger partial charge on any atom is -0.463 e. The normalized spacial score (nSPS) is 14.8. The van der Waals surface area contributed by atoms with Crippen molar-refractivity contribution in [2.45, 2.75) is 39.8 Å². The summed E-state index contributed by atoms with van der Waals surface area (Å²) < 4.78 is 48.2. The zero-order valence-corrected chi connectivity index (χ0v) is 17.5. The van der Waals surface area contributed by atoms with Gasteiger partial charge in [0.25, 0.3) is 0 Å². The van der Waals surface area contributed by atoms with Crippen LogP contribution in [0.3, 0.4) is 0 Å². The predicted molar refractivity (Wildman–Crippen MR) is 106 cm³/mol. The Morgan fingerprint density at radius 3 is 1.97 bits per heavy atom.